The van der Waals surface area contributed by atoms with Crippen LogP contribution in [0.1, 0.15) is 49.3 Å². The molecule has 0 spiro atoms. The zero-order valence-electron chi connectivity index (χ0n) is 24.1. The van der Waals surface area contributed by atoms with Crippen LogP contribution in [-0.2, 0) is 32.6 Å². The average molecular weight is 582 g/mol. The van der Waals surface area contributed by atoms with Gasteiger partial charge in [0.05, 0.1) is 11.9 Å². The maximum Gasteiger partial charge on any atom is 0.243 e. The standard InChI is InChI=1S/C32H40FN3O4S/c1-4-5-20-34-32(38)30(23-26-14-7-6-8-15-26)35(24-27-16-9-10-18-29(27)33)31(37)19-12-21-36(41(3,39)40)28-17-11-13-25(2)22-28/h6-11,13-18,22,30H,4-5,12,19-21,23-24H2,1-3H3,(H,34,38)/t30-/m1/s1. The Kier molecular flexibility index (Phi) is 11.9. The molecule has 3 aromatic rings. The summed E-state index contributed by atoms with van der Waals surface area (Å²) >= 11 is 0. The average Bonchev–Trinajstić information content (AvgIpc) is 2.93. The predicted octanol–water partition coefficient (Wildman–Crippen LogP) is 5.24. The SMILES string of the molecule is CCCCNC(=O)[C@@H](Cc1ccccc1)N(Cc1ccccc1F)C(=O)CCCN(c1cccc(C)c1)S(C)(=O)=O. The molecule has 0 fully saturated rings. The molecule has 0 bridgehead atoms. The van der Waals surface area contributed by atoms with Crippen molar-refractivity contribution in [3.63, 3.8) is 0 Å². The van der Waals surface area contributed by atoms with Crippen LogP contribution in [0.25, 0.3) is 0 Å². The lowest BCUT2D eigenvalue weighted by molar-refractivity contribution is -0.141. The molecule has 2 amide bonds. The fraction of sp³-hybridized carbons (Fsp3) is 0.375. The Morgan fingerprint density at radius 3 is 2.32 bits per heavy atom. The second-order valence-electron chi connectivity index (χ2n) is 10.2. The van der Waals surface area contributed by atoms with Gasteiger partial charge in [-0.2, -0.15) is 0 Å². The summed E-state index contributed by atoms with van der Waals surface area (Å²) in [6.45, 7) is 4.39. The van der Waals surface area contributed by atoms with Crippen LogP contribution in [0.4, 0.5) is 10.1 Å². The van der Waals surface area contributed by atoms with Crippen molar-refractivity contribution in [3.05, 3.63) is 101 Å². The fourth-order valence-corrected chi connectivity index (χ4v) is 5.61. The van der Waals surface area contributed by atoms with Crippen molar-refractivity contribution >= 4 is 27.5 Å². The first-order chi connectivity index (χ1) is 19.6. The van der Waals surface area contributed by atoms with Gasteiger partial charge in [0.25, 0.3) is 0 Å². The summed E-state index contributed by atoms with van der Waals surface area (Å²) in [6, 6.07) is 21.9. The molecule has 41 heavy (non-hydrogen) atoms. The normalized spacial score (nSPS) is 12.0. The largest absolute Gasteiger partial charge is 0.354 e. The Hall–Kier alpha value is -3.72. The molecule has 0 saturated carbocycles. The first kappa shape index (κ1) is 31.8. The lowest BCUT2D eigenvalue weighted by Crippen LogP contribution is -2.50. The third-order valence-electron chi connectivity index (χ3n) is 6.84. The molecular formula is C32H40FN3O4S. The van der Waals surface area contributed by atoms with Gasteiger partial charge in [-0.05, 0) is 49.1 Å². The van der Waals surface area contributed by atoms with Crippen molar-refractivity contribution in [2.75, 3.05) is 23.7 Å². The Balaban J connectivity index is 1.88. The molecule has 3 aromatic carbocycles. The van der Waals surface area contributed by atoms with Gasteiger partial charge in [0.2, 0.25) is 21.8 Å². The number of sulfonamides is 1. The quantitative estimate of drug-likeness (QED) is 0.249. The zero-order valence-corrected chi connectivity index (χ0v) is 24.9. The fourth-order valence-electron chi connectivity index (χ4n) is 4.66. The molecule has 1 N–H and O–H groups in total. The van der Waals surface area contributed by atoms with Gasteiger partial charge in [0, 0.05) is 38.0 Å². The van der Waals surface area contributed by atoms with Gasteiger partial charge in [0.1, 0.15) is 11.9 Å². The van der Waals surface area contributed by atoms with Gasteiger partial charge in [-0.1, -0.05) is 74.0 Å². The molecule has 0 radical (unpaired) electrons. The molecule has 1 atom stereocenters. The smallest absolute Gasteiger partial charge is 0.243 e. The van der Waals surface area contributed by atoms with Crippen LogP contribution in [-0.4, -0.2) is 50.5 Å². The van der Waals surface area contributed by atoms with Crippen molar-refractivity contribution in [2.24, 2.45) is 0 Å². The highest BCUT2D eigenvalue weighted by molar-refractivity contribution is 7.92. The Labute approximate surface area is 243 Å². The minimum Gasteiger partial charge on any atom is -0.354 e. The number of anilines is 1. The van der Waals surface area contributed by atoms with E-state index in [1.807, 2.05) is 50.2 Å². The monoisotopic (exact) mass is 581 g/mol. The molecule has 0 aliphatic carbocycles. The predicted molar refractivity (Wildman–Crippen MR) is 161 cm³/mol. The van der Waals surface area contributed by atoms with Crippen LogP contribution < -0.4 is 9.62 Å². The van der Waals surface area contributed by atoms with E-state index < -0.39 is 21.9 Å². The number of benzene rings is 3. The minimum absolute atomic E-state index is 0.0141. The summed E-state index contributed by atoms with van der Waals surface area (Å²) in [6.07, 6.45) is 3.31. The third-order valence-corrected chi connectivity index (χ3v) is 8.04. The van der Waals surface area contributed by atoms with Gasteiger partial charge < -0.3 is 10.2 Å². The van der Waals surface area contributed by atoms with Gasteiger partial charge >= 0.3 is 0 Å². The minimum atomic E-state index is -3.60. The van der Waals surface area contributed by atoms with Gasteiger partial charge in [-0.25, -0.2) is 12.8 Å². The van der Waals surface area contributed by atoms with E-state index in [9.17, 15) is 22.4 Å². The summed E-state index contributed by atoms with van der Waals surface area (Å²) in [4.78, 5) is 28.7. The lowest BCUT2D eigenvalue weighted by Gasteiger charge is -2.32. The third kappa shape index (κ3) is 9.70. The van der Waals surface area contributed by atoms with Crippen molar-refractivity contribution in [3.8, 4) is 0 Å². The van der Waals surface area contributed by atoms with Crippen LogP contribution in [0.2, 0.25) is 0 Å². The van der Waals surface area contributed by atoms with E-state index >= 15 is 0 Å². The van der Waals surface area contributed by atoms with Crippen LogP contribution in [0.5, 0.6) is 0 Å². The maximum atomic E-state index is 14.8. The number of amides is 2. The number of rotatable bonds is 15. The summed E-state index contributed by atoms with van der Waals surface area (Å²) in [5, 5.41) is 2.95. The molecule has 0 aromatic heterocycles. The molecule has 220 valence electrons. The first-order valence-electron chi connectivity index (χ1n) is 14.0. The number of unbranched alkanes of at least 4 members (excludes halogenated alkanes) is 1. The van der Waals surface area contributed by atoms with Gasteiger partial charge in [-0.15, -0.1) is 0 Å². The molecular weight excluding hydrogens is 541 g/mol. The summed E-state index contributed by atoms with van der Waals surface area (Å²) in [5.41, 5.74) is 2.62. The number of hydrogen-bond donors (Lipinski definition) is 1. The second kappa shape index (κ2) is 15.3. The van der Waals surface area contributed by atoms with E-state index in [0.717, 1.165) is 30.2 Å². The van der Waals surface area contributed by atoms with E-state index in [4.69, 9.17) is 0 Å². The number of carbonyl (C=O) groups is 2. The van der Waals surface area contributed by atoms with Gasteiger partial charge in [0.15, 0.2) is 0 Å². The van der Waals surface area contributed by atoms with Crippen molar-refractivity contribution in [1.29, 1.82) is 0 Å². The molecule has 0 heterocycles. The van der Waals surface area contributed by atoms with Crippen LogP contribution in [0, 0.1) is 12.7 Å². The molecule has 0 unspecified atom stereocenters. The van der Waals surface area contributed by atoms with E-state index in [2.05, 4.69) is 5.32 Å². The molecule has 3 rings (SSSR count). The number of aryl methyl sites for hydroxylation is 1. The molecule has 0 saturated heterocycles. The van der Waals surface area contributed by atoms with Crippen molar-refractivity contribution in [1.82, 2.24) is 10.2 Å². The molecule has 0 aliphatic heterocycles. The summed E-state index contributed by atoms with van der Waals surface area (Å²) < 4.78 is 41.2. The Morgan fingerprint density at radius 2 is 1.66 bits per heavy atom. The van der Waals surface area contributed by atoms with E-state index in [0.29, 0.717) is 17.8 Å². The number of nitrogens with one attached hydrogen (secondary N) is 1. The van der Waals surface area contributed by atoms with Crippen molar-refractivity contribution in [2.45, 2.75) is 58.5 Å². The summed E-state index contributed by atoms with van der Waals surface area (Å²) in [5.74, 6) is -1.11. The van der Waals surface area contributed by atoms with Crippen LogP contribution >= 0.6 is 0 Å². The Morgan fingerprint density at radius 1 is 0.951 bits per heavy atom. The highest BCUT2D eigenvalue weighted by Crippen LogP contribution is 2.21. The lowest BCUT2D eigenvalue weighted by atomic mass is 10.0. The number of halogens is 1. The Bertz CT molecular complexity index is 1400. The summed E-state index contributed by atoms with van der Waals surface area (Å²) in [7, 11) is -3.60. The highest BCUT2D eigenvalue weighted by atomic mass is 32.2. The van der Waals surface area contributed by atoms with Gasteiger partial charge in [-0.3, -0.25) is 13.9 Å². The second-order valence-corrected chi connectivity index (χ2v) is 12.1. The number of hydrogen-bond acceptors (Lipinski definition) is 4. The topological polar surface area (TPSA) is 86.8 Å². The molecule has 7 nitrogen and oxygen atoms in total. The van der Waals surface area contributed by atoms with Crippen molar-refractivity contribution < 1.29 is 22.4 Å². The van der Waals surface area contributed by atoms with E-state index in [1.165, 1.54) is 15.3 Å². The van der Waals surface area contributed by atoms with Crippen LogP contribution in [0.15, 0.2) is 78.9 Å². The number of nitrogens with zero attached hydrogens (tertiary/aromatic N) is 2. The van der Waals surface area contributed by atoms with E-state index in [-0.39, 0.29) is 44.2 Å². The molecule has 9 heteroatoms. The van der Waals surface area contributed by atoms with E-state index in [1.54, 1.807) is 36.4 Å². The molecule has 0 aliphatic rings. The highest BCUT2D eigenvalue weighted by Gasteiger charge is 2.31. The number of carbonyl (C=O) groups excluding carboxylic acids is 2. The van der Waals surface area contributed by atoms with Crippen LogP contribution in [0.3, 0.4) is 0 Å². The zero-order chi connectivity index (χ0) is 29.8. The first-order valence-corrected chi connectivity index (χ1v) is 15.8. The maximum absolute atomic E-state index is 14.8.